The Balaban J connectivity index is 2.95. The van der Waals surface area contributed by atoms with E-state index >= 15 is 0 Å². The van der Waals surface area contributed by atoms with Gasteiger partial charge in [0.05, 0.1) is 0 Å². The Bertz CT molecular complexity index is 440. The van der Waals surface area contributed by atoms with Crippen molar-refractivity contribution in [1.29, 1.82) is 0 Å². The lowest BCUT2D eigenvalue weighted by molar-refractivity contribution is 0.201. The minimum atomic E-state index is -3.86. The van der Waals surface area contributed by atoms with Crippen molar-refractivity contribution in [2.75, 3.05) is 0 Å². The molecule has 1 rings (SSSR count). The van der Waals surface area contributed by atoms with Crippen molar-refractivity contribution in [1.82, 2.24) is 4.72 Å². The van der Waals surface area contributed by atoms with Gasteiger partial charge in [0.25, 0.3) is 0 Å². The number of benzene rings is 1. The smallest absolute Gasteiger partial charge is 0.418 e. The number of nitrogens with one attached hydrogen (secondary N) is 1. The Kier molecular flexibility index (Phi) is 3.31. The van der Waals surface area contributed by atoms with Crippen molar-refractivity contribution in [2.24, 2.45) is 0 Å². The molecule has 0 aromatic heterocycles. The van der Waals surface area contributed by atoms with E-state index in [4.69, 9.17) is 5.11 Å². The zero-order valence-electron chi connectivity index (χ0n) is 8.04. The maximum Gasteiger partial charge on any atom is 0.418 e. The normalized spacial score (nSPS) is 13.1. The first kappa shape index (κ1) is 11.5. The highest BCUT2D eigenvalue weighted by molar-refractivity contribution is 7.90. The first-order chi connectivity index (χ1) is 6.93. The number of hydrogen-bond donors (Lipinski definition) is 2. The molecule has 1 aromatic carbocycles. The van der Waals surface area contributed by atoms with Gasteiger partial charge < -0.3 is 5.11 Å². The topological polar surface area (TPSA) is 83.5 Å². The van der Waals surface area contributed by atoms with Crippen LogP contribution in [0.4, 0.5) is 4.79 Å². The molecule has 15 heavy (non-hydrogen) atoms. The minimum Gasteiger partial charge on any atom is -0.464 e. The van der Waals surface area contributed by atoms with E-state index in [1.165, 1.54) is 11.6 Å². The molecule has 6 heteroatoms. The standard InChI is InChI=1S/C9H11NO4S/c1-7(8-5-3-2-4-6-8)15(13,14)10-9(11)12/h2-7,10H,1H3,(H,11,12). The van der Waals surface area contributed by atoms with Gasteiger partial charge in [0, 0.05) is 0 Å². The minimum absolute atomic E-state index is 0.547. The highest BCUT2D eigenvalue weighted by Gasteiger charge is 2.23. The fraction of sp³-hybridized carbons (Fsp3) is 0.222. The van der Waals surface area contributed by atoms with E-state index < -0.39 is 21.4 Å². The van der Waals surface area contributed by atoms with Crippen molar-refractivity contribution in [2.45, 2.75) is 12.2 Å². The summed E-state index contributed by atoms with van der Waals surface area (Å²) in [6.07, 6.45) is -1.57. The average molecular weight is 229 g/mol. The second-order valence-electron chi connectivity index (χ2n) is 3.01. The first-order valence-corrected chi connectivity index (χ1v) is 5.77. The summed E-state index contributed by atoms with van der Waals surface area (Å²) in [5.41, 5.74) is 0.547. The number of rotatable bonds is 3. The summed E-state index contributed by atoms with van der Waals surface area (Å²) in [5.74, 6) is 0. The SMILES string of the molecule is CC(c1ccccc1)S(=O)(=O)NC(=O)O. The van der Waals surface area contributed by atoms with E-state index in [1.54, 1.807) is 30.3 Å². The van der Waals surface area contributed by atoms with Crippen LogP contribution in [0.3, 0.4) is 0 Å². The highest BCUT2D eigenvalue weighted by atomic mass is 32.2. The Morgan fingerprint density at radius 3 is 2.33 bits per heavy atom. The van der Waals surface area contributed by atoms with Crippen LogP contribution in [-0.4, -0.2) is 19.6 Å². The van der Waals surface area contributed by atoms with Crippen LogP contribution >= 0.6 is 0 Å². The van der Waals surface area contributed by atoms with Crippen molar-refractivity contribution < 1.29 is 18.3 Å². The van der Waals surface area contributed by atoms with Gasteiger partial charge in [0.2, 0.25) is 10.0 Å². The molecule has 0 radical (unpaired) electrons. The van der Waals surface area contributed by atoms with Crippen molar-refractivity contribution in [3.05, 3.63) is 35.9 Å². The molecule has 0 bridgehead atoms. The second kappa shape index (κ2) is 4.31. The van der Waals surface area contributed by atoms with Gasteiger partial charge in [-0.15, -0.1) is 0 Å². The Morgan fingerprint density at radius 2 is 1.87 bits per heavy atom. The van der Waals surface area contributed by atoms with Gasteiger partial charge in [-0.2, -0.15) is 0 Å². The molecule has 0 heterocycles. The number of amides is 1. The number of hydrogen-bond acceptors (Lipinski definition) is 3. The van der Waals surface area contributed by atoms with Crippen LogP contribution in [0.15, 0.2) is 30.3 Å². The van der Waals surface area contributed by atoms with Gasteiger partial charge in [0.15, 0.2) is 0 Å². The van der Waals surface area contributed by atoms with Crippen LogP contribution in [0, 0.1) is 0 Å². The molecule has 0 aliphatic carbocycles. The van der Waals surface area contributed by atoms with Gasteiger partial charge in [-0.05, 0) is 12.5 Å². The molecule has 0 spiro atoms. The van der Waals surface area contributed by atoms with Crippen LogP contribution in [0.5, 0.6) is 0 Å². The third-order valence-corrected chi connectivity index (χ3v) is 3.63. The second-order valence-corrected chi connectivity index (χ2v) is 5.01. The zero-order valence-corrected chi connectivity index (χ0v) is 8.86. The lowest BCUT2D eigenvalue weighted by Gasteiger charge is -2.12. The quantitative estimate of drug-likeness (QED) is 0.819. The molecule has 1 atom stereocenters. The van der Waals surface area contributed by atoms with Crippen LogP contribution in [-0.2, 0) is 10.0 Å². The van der Waals surface area contributed by atoms with Crippen LogP contribution in [0.2, 0.25) is 0 Å². The molecule has 2 N–H and O–H groups in total. The zero-order chi connectivity index (χ0) is 11.5. The maximum atomic E-state index is 11.4. The molecule has 0 aliphatic rings. The largest absolute Gasteiger partial charge is 0.464 e. The molecule has 0 fully saturated rings. The third-order valence-electron chi connectivity index (χ3n) is 1.96. The Hall–Kier alpha value is -1.56. The molecule has 82 valence electrons. The molecule has 5 nitrogen and oxygen atoms in total. The number of carbonyl (C=O) groups is 1. The van der Waals surface area contributed by atoms with Crippen molar-refractivity contribution in [3.63, 3.8) is 0 Å². The predicted octanol–water partition coefficient (Wildman–Crippen LogP) is 1.34. The van der Waals surface area contributed by atoms with Crippen LogP contribution in [0.1, 0.15) is 17.7 Å². The van der Waals surface area contributed by atoms with Crippen LogP contribution in [0.25, 0.3) is 0 Å². The lowest BCUT2D eigenvalue weighted by atomic mass is 10.2. The maximum absolute atomic E-state index is 11.4. The molecule has 1 aromatic rings. The van der Waals surface area contributed by atoms with Gasteiger partial charge in [-0.25, -0.2) is 17.9 Å². The Labute approximate surface area is 87.8 Å². The summed E-state index contributed by atoms with van der Waals surface area (Å²) in [7, 11) is -3.86. The molecular formula is C9H11NO4S. The van der Waals surface area contributed by atoms with E-state index in [2.05, 4.69) is 0 Å². The van der Waals surface area contributed by atoms with Crippen LogP contribution < -0.4 is 4.72 Å². The van der Waals surface area contributed by atoms with E-state index in [9.17, 15) is 13.2 Å². The summed E-state index contributed by atoms with van der Waals surface area (Å²) in [6, 6.07) is 8.41. The van der Waals surface area contributed by atoms with E-state index in [0.717, 1.165) is 0 Å². The summed E-state index contributed by atoms with van der Waals surface area (Å²) >= 11 is 0. The lowest BCUT2D eigenvalue weighted by Crippen LogP contribution is -2.32. The highest BCUT2D eigenvalue weighted by Crippen LogP contribution is 2.19. The summed E-state index contributed by atoms with van der Waals surface area (Å²) in [6.45, 7) is 1.43. The van der Waals surface area contributed by atoms with E-state index in [-0.39, 0.29) is 0 Å². The molecule has 0 saturated carbocycles. The predicted molar refractivity (Wildman–Crippen MR) is 54.9 cm³/mol. The van der Waals surface area contributed by atoms with Gasteiger partial charge in [0.1, 0.15) is 5.25 Å². The monoisotopic (exact) mass is 229 g/mol. The van der Waals surface area contributed by atoms with E-state index in [1.807, 2.05) is 0 Å². The van der Waals surface area contributed by atoms with E-state index in [0.29, 0.717) is 5.56 Å². The fourth-order valence-electron chi connectivity index (χ4n) is 1.11. The summed E-state index contributed by atoms with van der Waals surface area (Å²) < 4.78 is 24.4. The van der Waals surface area contributed by atoms with Gasteiger partial charge in [-0.1, -0.05) is 30.3 Å². The number of sulfonamides is 1. The third kappa shape index (κ3) is 2.95. The number of carboxylic acid groups (broad SMARTS) is 1. The first-order valence-electron chi connectivity index (χ1n) is 4.23. The molecule has 0 aliphatic heterocycles. The van der Waals surface area contributed by atoms with Gasteiger partial charge in [-0.3, -0.25) is 0 Å². The average Bonchev–Trinajstić information content (AvgIpc) is 2.16. The Morgan fingerprint density at radius 1 is 1.33 bits per heavy atom. The van der Waals surface area contributed by atoms with Crippen molar-refractivity contribution in [3.8, 4) is 0 Å². The molecule has 1 unspecified atom stereocenters. The molecule has 1 amide bonds. The fourth-order valence-corrected chi connectivity index (χ4v) is 2.05. The van der Waals surface area contributed by atoms with Gasteiger partial charge >= 0.3 is 6.09 Å². The summed E-state index contributed by atoms with van der Waals surface area (Å²) in [5, 5.41) is 7.46. The summed E-state index contributed by atoms with van der Waals surface area (Å²) in [4.78, 5) is 10.3. The van der Waals surface area contributed by atoms with Crippen molar-refractivity contribution >= 4 is 16.1 Å². The molecular weight excluding hydrogens is 218 g/mol. The molecule has 0 saturated heterocycles.